The lowest BCUT2D eigenvalue weighted by Crippen LogP contribution is -2.29. The highest BCUT2D eigenvalue weighted by molar-refractivity contribution is 6.02. The number of aromatic nitrogens is 2. The molecule has 9 heteroatoms. The van der Waals surface area contributed by atoms with Crippen molar-refractivity contribution in [2.24, 2.45) is 7.05 Å². The van der Waals surface area contributed by atoms with Gasteiger partial charge in [0.05, 0.1) is 19.0 Å². The predicted octanol–water partition coefficient (Wildman–Crippen LogP) is 6.29. The van der Waals surface area contributed by atoms with Crippen molar-refractivity contribution < 1.29 is 18.7 Å². The normalized spacial score (nSPS) is 10.3. The minimum atomic E-state index is -0.514. The van der Waals surface area contributed by atoms with Crippen LogP contribution >= 0.6 is 0 Å². The van der Waals surface area contributed by atoms with E-state index in [1.165, 1.54) is 29.9 Å². The van der Waals surface area contributed by atoms with Crippen LogP contribution in [0.2, 0.25) is 0 Å². The average molecular weight is 547 g/mol. The van der Waals surface area contributed by atoms with E-state index in [0.29, 0.717) is 17.9 Å². The lowest BCUT2D eigenvalue weighted by molar-refractivity contribution is 0.0948. The highest BCUT2D eigenvalue weighted by Crippen LogP contribution is 2.31. The number of ether oxygens (including phenoxy) is 2. The second-order valence-corrected chi connectivity index (χ2v) is 8.69. The molecule has 210 valence electrons. The number of rotatable bonds is 9. The summed E-state index contributed by atoms with van der Waals surface area (Å²) in [6, 6.07) is 16.7. The first-order chi connectivity index (χ1) is 19.3. The van der Waals surface area contributed by atoms with Crippen molar-refractivity contribution >= 4 is 17.4 Å². The summed E-state index contributed by atoms with van der Waals surface area (Å²) in [4.78, 5) is 30.7. The number of halogens is 1. The number of amides is 1. The molecule has 2 heterocycles. The smallest absolute Gasteiger partial charge is 0.259 e. The molecule has 0 unspecified atom stereocenters. The Hall–Kier alpha value is -4.66. The van der Waals surface area contributed by atoms with Gasteiger partial charge in [-0.2, -0.15) is 0 Å². The van der Waals surface area contributed by atoms with Gasteiger partial charge in [-0.3, -0.25) is 19.1 Å². The summed E-state index contributed by atoms with van der Waals surface area (Å²) in [5, 5.41) is 5.81. The Balaban J connectivity index is 0.00000216. The van der Waals surface area contributed by atoms with Gasteiger partial charge in [-0.15, -0.1) is 0 Å². The fourth-order valence-electron chi connectivity index (χ4n) is 3.79. The summed E-state index contributed by atoms with van der Waals surface area (Å²) >= 11 is 0. The van der Waals surface area contributed by atoms with E-state index >= 15 is 0 Å². The summed E-state index contributed by atoms with van der Waals surface area (Å²) < 4.78 is 27.3. The minimum Gasteiger partial charge on any atom is -0.497 e. The number of nitrogens with zero attached hydrogens (tertiary/aromatic N) is 2. The minimum absolute atomic E-state index is 0.0130. The van der Waals surface area contributed by atoms with Gasteiger partial charge in [0.15, 0.2) is 0 Å². The maximum Gasteiger partial charge on any atom is 0.259 e. The van der Waals surface area contributed by atoms with E-state index in [-0.39, 0.29) is 29.4 Å². The Morgan fingerprint density at radius 2 is 1.68 bits per heavy atom. The molecule has 0 radical (unpaired) electrons. The number of hydrogen-bond donors (Lipinski definition) is 2. The molecule has 4 aromatic rings. The van der Waals surface area contributed by atoms with Gasteiger partial charge < -0.3 is 20.1 Å². The van der Waals surface area contributed by atoms with Gasteiger partial charge in [-0.1, -0.05) is 39.0 Å². The van der Waals surface area contributed by atoms with E-state index in [0.717, 1.165) is 16.8 Å². The Bertz CT molecular complexity index is 1500. The van der Waals surface area contributed by atoms with Crippen molar-refractivity contribution in [1.29, 1.82) is 0 Å². The molecule has 40 heavy (non-hydrogen) atoms. The lowest BCUT2D eigenvalue weighted by atomic mass is 10.1. The summed E-state index contributed by atoms with van der Waals surface area (Å²) in [7, 11) is 3.08. The van der Waals surface area contributed by atoms with E-state index in [9.17, 15) is 14.0 Å². The van der Waals surface area contributed by atoms with Crippen molar-refractivity contribution in [3.8, 4) is 17.2 Å². The van der Waals surface area contributed by atoms with Crippen LogP contribution in [0.25, 0.3) is 0 Å². The molecular formula is C31H35FN4O4. The number of carbonyl (C=O) groups excluding carboxylic acids is 1. The number of hydrogen-bond acceptors (Lipinski definition) is 6. The molecular weight excluding hydrogens is 511 g/mol. The largest absolute Gasteiger partial charge is 0.497 e. The molecule has 2 aromatic carbocycles. The maximum atomic E-state index is 14.9. The van der Waals surface area contributed by atoms with E-state index < -0.39 is 17.3 Å². The number of carbonyl (C=O) groups is 1. The van der Waals surface area contributed by atoms with Gasteiger partial charge in [0.25, 0.3) is 11.5 Å². The molecule has 0 spiro atoms. The second-order valence-electron chi connectivity index (χ2n) is 8.69. The molecule has 0 aliphatic heterocycles. The zero-order chi connectivity index (χ0) is 29.2. The van der Waals surface area contributed by atoms with Crippen molar-refractivity contribution in [2.75, 3.05) is 12.4 Å². The van der Waals surface area contributed by atoms with E-state index in [2.05, 4.69) is 15.6 Å². The van der Waals surface area contributed by atoms with E-state index in [1.807, 2.05) is 39.8 Å². The first-order valence-corrected chi connectivity index (χ1v) is 13.1. The van der Waals surface area contributed by atoms with Crippen LogP contribution < -0.4 is 25.7 Å². The highest BCUT2D eigenvalue weighted by atomic mass is 19.1. The highest BCUT2D eigenvalue weighted by Gasteiger charge is 2.23. The third-order valence-electron chi connectivity index (χ3n) is 6.05. The van der Waals surface area contributed by atoms with Gasteiger partial charge in [-0.25, -0.2) is 4.39 Å². The Labute approximate surface area is 233 Å². The standard InChI is InChI=1S/C29H29FN4O4.C2H6/c1-5-19-9-13-24(23(30)14-19)33-28-27(29(36)32-16-20-7-11-21(37-4)12-8-20)25(15-26(35)34(28)3)38-22-10-6-18(2)31-17-22;1-2/h6-15,17,33H,5,16H2,1-4H3,(H,32,36);1-2H3. The Morgan fingerprint density at radius 3 is 2.27 bits per heavy atom. The molecule has 0 fully saturated rings. The molecule has 8 nitrogen and oxygen atoms in total. The molecule has 0 saturated heterocycles. The topological polar surface area (TPSA) is 94.5 Å². The molecule has 2 aromatic heterocycles. The molecule has 4 rings (SSSR count). The monoisotopic (exact) mass is 546 g/mol. The van der Waals surface area contributed by atoms with Crippen LogP contribution in [0.3, 0.4) is 0 Å². The molecule has 0 aliphatic rings. The van der Waals surface area contributed by atoms with Crippen LogP contribution in [-0.4, -0.2) is 22.6 Å². The first kappa shape index (κ1) is 29.9. The van der Waals surface area contributed by atoms with Crippen LogP contribution in [0, 0.1) is 12.7 Å². The zero-order valence-corrected chi connectivity index (χ0v) is 23.7. The molecule has 1 amide bonds. The summed E-state index contributed by atoms with van der Waals surface area (Å²) in [6.07, 6.45) is 2.17. The number of anilines is 2. The quantitative estimate of drug-likeness (QED) is 0.256. The summed E-state index contributed by atoms with van der Waals surface area (Å²) in [5.74, 6) is 0.123. The molecule has 0 atom stereocenters. The van der Waals surface area contributed by atoms with Gasteiger partial charge in [0, 0.05) is 25.4 Å². The van der Waals surface area contributed by atoms with Gasteiger partial charge in [0.1, 0.15) is 34.4 Å². The molecule has 0 aliphatic carbocycles. The van der Waals surface area contributed by atoms with Crippen LogP contribution in [0.15, 0.2) is 71.7 Å². The van der Waals surface area contributed by atoms with Gasteiger partial charge >= 0.3 is 0 Å². The third kappa shape index (κ3) is 7.25. The van der Waals surface area contributed by atoms with Gasteiger partial charge in [0.2, 0.25) is 0 Å². The van der Waals surface area contributed by atoms with Crippen LogP contribution in [0.1, 0.15) is 48.0 Å². The third-order valence-corrected chi connectivity index (χ3v) is 6.05. The molecule has 2 N–H and O–H groups in total. The number of methoxy groups -OCH3 is 1. The fraction of sp³-hybridized carbons (Fsp3) is 0.258. The zero-order valence-electron chi connectivity index (χ0n) is 23.7. The van der Waals surface area contributed by atoms with E-state index in [1.54, 1.807) is 43.5 Å². The second kappa shape index (κ2) is 13.9. The Kier molecular flexibility index (Phi) is 10.4. The SMILES string of the molecule is CC.CCc1ccc(Nc2c(C(=O)NCc3ccc(OC)cc3)c(Oc3ccc(C)nc3)cc(=O)n2C)c(F)c1. The van der Waals surface area contributed by atoms with Crippen LogP contribution in [0.5, 0.6) is 17.2 Å². The molecule has 0 saturated carbocycles. The van der Waals surface area contributed by atoms with Crippen molar-refractivity contribution in [1.82, 2.24) is 14.9 Å². The summed E-state index contributed by atoms with van der Waals surface area (Å²) in [6.45, 7) is 7.97. The fourth-order valence-corrected chi connectivity index (χ4v) is 3.79. The summed E-state index contributed by atoms with van der Waals surface area (Å²) in [5.41, 5.74) is 2.16. The average Bonchev–Trinajstić information content (AvgIpc) is 2.97. The maximum absolute atomic E-state index is 14.9. The predicted molar refractivity (Wildman–Crippen MR) is 155 cm³/mol. The first-order valence-electron chi connectivity index (χ1n) is 13.1. The van der Waals surface area contributed by atoms with Crippen LogP contribution in [0.4, 0.5) is 15.9 Å². The number of pyridine rings is 2. The van der Waals surface area contributed by atoms with Gasteiger partial charge in [-0.05, 0) is 60.9 Å². The van der Waals surface area contributed by atoms with Crippen molar-refractivity contribution in [3.05, 3.63) is 105 Å². The number of nitrogens with one attached hydrogen (secondary N) is 2. The van der Waals surface area contributed by atoms with Crippen molar-refractivity contribution in [2.45, 2.75) is 40.7 Å². The number of benzene rings is 2. The van der Waals surface area contributed by atoms with E-state index in [4.69, 9.17) is 9.47 Å². The lowest BCUT2D eigenvalue weighted by Gasteiger charge is -2.20. The number of aryl methyl sites for hydroxylation is 2. The Morgan fingerprint density at radius 1 is 1.00 bits per heavy atom. The van der Waals surface area contributed by atoms with Crippen LogP contribution in [-0.2, 0) is 20.0 Å². The van der Waals surface area contributed by atoms with Crippen molar-refractivity contribution in [3.63, 3.8) is 0 Å². The molecule has 0 bridgehead atoms.